The maximum Gasteiger partial charge on any atom is 0.408 e. The van der Waals surface area contributed by atoms with Crippen molar-refractivity contribution in [2.45, 2.75) is 51.2 Å². The molecule has 0 bridgehead atoms. The third-order valence-corrected chi connectivity index (χ3v) is 4.10. The van der Waals surface area contributed by atoms with Gasteiger partial charge >= 0.3 is 6.09 Å². The third kappa shape index (κ3) is 3.44. The number of benzene rings is 1. The Morgan fingerprint density at radius 2 is 2.12 bits per heavy atom. The zero-order valence-corrected chi connectivity index (χ0v) is 14.9. The van der Waals surface area contributed by atoms with Gasteiger partial charge < -0.3 is 24.5 Å². The van der Waals surface area contributed by atoms with Crippen molar-refractivity contribution in [2.75, 3.05) is 11.9 Å². The highest BCUT2D eigenvalue weighted by Gasteiger charge is 2.31. The molecule has 1 aromatic carbocycles. The average molecular weight is 359 g/mol. The van der Waals surface area contributed by atoms with Gasteiger partial charge in [0, 0.05) is 12.0 Å². The second kappa shape index (κ2) is 5.89. The summed E-state index contributed by atoms with van der Waals surface area (Å²) in [5.74, 6) is 1.24. The number of nitrogens with one attached hydrogen (secondary N) is 2. The number of fused-ring (bicyclic) bond motifs is 2. The number of hydrogen-bond acceptors (Lipinski definition) is 6. The smallest absolute Gasteiger partial charge is 0.408 e. The van der Waals surface area contributed by atoms with Crippen molar-refractivity contribution in [3.8, 4) is 5.75 Å². The molecule has 2 aromatic rings. The molecule has 2 amide bonds. The second-order valence-corrected chi connectivity index (χ2v) is 7.64. The maximum absolute atomic E-state index is 12.4. The van der Waals surface area contributed by atoms with Crippen molar-refractivity contribution >= 4 is 28.8 Å². The summed E-state index contributed by atoms with van der Waals surface area (Å²) in [6.07, 6.45) is 1.52. The van der Waals surface area contributed by atoms with E-state index in [1.807, 2.05) is 0 Å². The van der Waals surface area contributed by atoms with Crippen molar-refractivity contribution in [1.82, 2.24) is 10.3 Å². The highest BCUT2D eigenvalue weighted by Crippen LogP contribution is 2.42. The minimum Gasteiger partial charge on any atom is -0.489 e. The van der Waals surface area contributed by atoms with E-state index >= 15 is 0 Å². The fourth-order valence-corrected chi connectivity index (χ4v) is 2.72. The normalized spacial score (nSPS) is 20.0. The largest absolute Gasteiger partial charge is 0.489 e. The van der Waals surface area contributed by atoms with Gasteiger partial charge in [-0.15, -0.1) is 0 Å². The number of nitrogens with zero attached hydrogens (tertiary/aromatic N) is 1. The van der Waals surface area contributed by atoms with Gasteiger partial charge in [0.25, 0.3) is 5.91 Å². The number of anilines is 1. The van der Waals surface area contributed by atoms with Gasteiger partial charge in [-0.3, -0.25) is 4.79 Å². The summed E-state index contributed by atoms with van der Waals surface area (Å²) in [5.41, 5.74) is 1.16. The van der Waals surface area contributed by atoms with Crippen LogP contribution in [0.1, 0.15) is 45.4 Å². The lowest BCUT2D eigenvalue weighted by molar-refractivity contribution is -0.118. The summed E-state index contributed by atoms with van der Waals surface area (Å²) >= 11 is 0. The van der Waals surface area contributed by atoms with Crippen LogP contribution in [0, 0.1) is 0 Å². The number of rotatable bonds is 2. The Bertz CT molecular complexity index is 879. The molecule has 1 aromatic heterocycles. The van der Waals surface area contributed by atoms with Crippen LogP contribution < -0.4 is 15.4 Å². The van der Waals surface area contributed by atoms with E-state index in [1.54, 1.807) is 32.9 Å². The molecule has 1 saturated carbocycles. The van der Waals surface area contributed by atoms with E-state index in [1.165, 1.54) is 0 Å². The van der Waals surface area contributed by atoms with Crippen LogP contribution in [0.15, 0.2) is 16.5 Å². The van der Waals surface area contributed by atoms with Crippen LogP contribution in [0.4, 0.5) is 10.5 Å². The minimum atomic E-state index is -0.862. The lowest BCUT2D eigenvalue weighted by Crippen LogP contribution is -2.48. The number of alkyl carbamates (subject to hydrolysis) is 1. The van der Waals surface area contributed by atoms with Gasteiger partial charge in [-0.2, -0.15) is 0 Å². The van der Waals surface area contributed by atoms with Gasteiger partial charge in [-0.25, -0.2) is 9.78 Å². The first-order valence-corrected chi connectivity index (χ1v) is 8.66. The number of oxazole rings is 1. The predicted octanol–water partition coefficient (Wildman–Crippen LogP) is 2.93. The highest BCUT2D eigenvalue weighted by atomic mass is 16.6. The van der Waals surface area contributed by atoms with Crippen molar-refractivity contribution in [2.24, 2.45) is 0 Å². The molecule has 8 nitrogen and oxygen atoms in total. The molecule has 2 aliphatic rings. The number of carbonyl (C=O) groups excluding carboxylic acids is 2. The summed E-state index contributed by atoms with van der Waals surface area (Å²) in [6, 6.07) is 2.59. The van der Waals surface area contributed by atoms with E-state index in [-0.39, 0.29) is 12.5 Å². The van der Waals surface area contributed by atoms with E-state index in [2.05, 4.69) is 15.6 Å². The predicted molar refractivity (Wildman–Crippen MR) is 93.3 cm³/mol. The molecule has 1 fully saturated rings. The van der Waals surface area contributed by atoms with Crippen LogP contribution in [0.3, 0.4) is 0 Å². The van der Waals surface area contributed by atoms with E-state index in [0.29, 0.717) is 28.5 Å². The lowest BCUT2D eigenvalue weighted by atomic mass is 10.2. The summed E-state index contributed by atoms with van der Waals surface area (Å²) in [4.78, 5) is 28.8. The minimum absolute atomic E-state index is 0.00674. The van der Waals surface area contributed by atoms with Crippen LogP contribution in [0.5, 0.6) is 5.75 Å². The quantitative estimate of drug-likeness (QED) is 0.855. The molecule has 4 rings (SSSR count). The van der Waals surface area contributed by atoms with Gasteiger partial charge in [0.2, 0.25) is 0 Å². The van der Waals surface area contributed by atoms with Crippen molar-refractivity contribution in [3.63, 3.8) is 0 Å². The fourth-order valence-electron chi connectivity index (χ4n) is 2.72. The molecule has 0 radical (unpaired) electrons. The van der Waals surface area contributed by atoms with E-state index in [9.17, 15) is 9.59 Å². The molecule has 26 heavy (non-hydrogen) atoms. The van der Waals surface area contributed by atoms with Crippen LogP contribution in [0.25, 0.3) is 11.1 Å². The Labute approximate surface area is 150 Å². The van der Waals surface area contributed by atoms with Crippen LogP contribution in [-0.2, 0) is 9.53 Å². The lowest BCUT2D eigenvalue weighted by Gasteiger charge is -2.22. The van der Waals surface area contributed by atoms with Gasteiger partial charge in [0.15, 0.2) is 11.5 Å². The first-order chi connectivity index (χ1) is 12.3. The SMILES string of the molecule is CC(C)(C)OC(=O)N[C@H]1COc2cc3oc(C4CC4)nc3cc2NC1=O. The Kier molecular flexibility index (Phi) is 3.78. The molecular formula is C18H21N3O5. The number of hydrogen-bond donors (Lipinski definition) is 2. The topological polar surface area (TPSA) is 103 Å². The van der Waals surface area contributed by atoms with Crippen molar-refractivity contribution < 1.29 is 23.5 Å². The third-order valence-electron chi connectivity index (χ3n) is 4.10. The second-order valence-electron chi connectivity index (χ2n) is 7.64. The van der Waals surface area contributed by atoms with Gasteiger partial charge in [-0.1, -0.05) is 0 Å². The monoisotopic (exact) mass is 359 g/mol. The molecule has 2 N–H and O–H groups in total. The molecule has 2 heterocycles. The van der Waals surface area contributed by atoms with Crippen LogP contribution in [-0.4, -0.2) is 35.2 Å². The van der Waals surface area contributed by atoms with Crippen molar-refractivity contribution in [3.05, 3.63) is 18.0 Å². The summed E-state index contributed by atoms with van der Waals surface area (Å²) < 4.78 is 16.7. The number of ether oxygens (including phenoxy) is 2. The van der Waals surface area contributed by atoms with Gasteiger partial charge in [-0.05, 0) is 39.7 Å². The molecule has 8 heteroatoms. The molecular weight excluding hydrogens is 338 g/mol. The Balaban J connectivity index is 1.51. The maximum atomic E-state index is 12.4. The average Bonchev–Trinajstić information content (AvgIpc) is 3.31. The van der Waals surface area contributed by atoms with E-state index in [4.69, 9.17) is 13.9 Å². The van der Waals surface area contributed by atoms with E-state index in [0.717, 1.165) is 18.7 Å². The fraction of sp³-hybridized carbons (Fsp3) is 0.500. The molecule has 1 aliphatic carbocycles. The van der Waals surface area contributed by atoms with Crippen molar-refractivity contribution in [1.29, 1.82) is 0 Å². The van der Waals surface area contributed by atoms with Crippen LogP contribution in [0.2, 0.25) is 0 Å². The molecule has 0 spiro atoms. The Hall–Kier alpha value is -2.77. The molecule has 0 saturated heterocycles. The van der Waals surface area contributed by atoms with Gasteiger partial charge in [0.1, 0.15) is 29.5 Å². The summed E-state index contributed by atoms with van der Waals surface area (Å²) in [7, 11) is 0. The molecule has 138 valence electrons. The summed E-state index contributed by atoms with van der Waals surface area (Å²) in [6.45, 7) is 5.26. The standard InChI is InChI=1S/C18H21N3O5/c1-18(2,3)26-17(23)21-12-8-24-13-7-14-11(6-10(13)19-15(12)22)20-16(25-14)9-4-5-9/h6-7,9,12H,4-5,8H2,1-3H3,(H,19,22)(H,21,23)/t12-/m0/s1. The Morgan fingerprint density at radius 1 is 1.35 bits per heavy atom. The highest BCUT2D eigenvalue weighted by molar-refractivity contribution is 6.00. The summed E-state index contributed by atoms with van der Waals surface area (Å²) in [5, 5.41) is 5.30. The number of amides is 2. The van der Waals surface area contributed by atoms with E-state index < -0.39 is 17.7 Å². The zero-order valence-electron chi connectivity index (χ0n) is 14.9. The number of carbonyl (C=O) groups is 2. The zero-order chi connectivity index (χ0) is 18.5. The Morgan fingerprint density at radius 3 is 2.81 bits per heavy atom. The molecule has 1 aliphatic heterocycles. The number of aromatic nitrogens is 1. The molecule has 0 unspecified atom stereocenters. The van der Waals surface area contributed by atoms with Crippen LogP contribution >= 0.6 is 0 Å². The first-order valence-electron chi connectivity index (χ1n) is 8.66. The first kappa shape index (κ1) is 16.7. The molecule has 1 atom stereocenters. The van der Waals surface area contributed by atoms with Gasteiger partial charge in [0.05, 0.1) is 5.69 Å².